The standard InChI is InChI=1S/C10H8N4O2/c15-6-9-8(14-16)5-12-10(13-9)7-3-1-2-4-11-7/h1-6,9,16H. The summed E-state index contributed by atoms with van der Waals surface area (Å²) in [5.41, 5.74) is 0.692. The molecule has 1 atom stereocenters. The molecule has 1 unspecified atom stereocenters. The topological polar surface area (TPSA) is 87.3 Å². The fraction of sp³-hybridized carbons (Fsp3) is 0.100. The van der Waals surface area contributed by atoms with E-state index in [0.29, 0.717) is 17.8 Å². The molecule has 0 bridgehead atoms. The third kappa shape index (κ3) is 1.85. The van der Waals surface area contributed by atoms with Gasteiger partial charge in [-0.1, -0.05) is 11.2 Å². The minimum Gasteiger partial charge on any atom is -0.411 e. The lowest BCUT2D eigenvalue weighted by Gasteiger charge is -2.10. The van der Waals surface area contributed by atoms with Gasteiger partial charge in [0.15, 0.2) is 18.2 Å². The number of aromatic nitrogens is 1. The van der Waals surface area contributed by atoms with Crippen LogP contribution in [-0.4, -0.2) is 40.3 Å². The molecular formula is C10H8N4O2. The van der Waals surface area contributed by atoms with Crippen molar-refractivity contribution in [3.8, 4) is 0 Å². The van der Waals surface area contributed by atoms with Crippen LogP contribution in [0.2, 0.25) is 0 Å². The first-order chi connectivity index (χ1) is 7.85. The van der Waals surface area contributed by atoms with E-state index in [0.717, 1.165) is 0 Å². The predicted octanol–water partition coefficient (Wildman–Crippen LogP) is 0.310. The maximum Gasteiger partial charge on any atom is 0.174 e. The van der Waals surface area contributed by atoms with Crippen LogP contribution in [0.3, 0.4) is 0 Å². The monoisotopic (exact) mass is 216 g/mol. The maximum atomic E-state index is 10.7. The van der Waals surface area contributed by atoms with Crippen LogP contribution in [0.1, 0.15) is 5.69 Å². The number of aldehydes is 1. The highest BCUT2D eigenvalue weighted by Gasteiger charge is 2.19. The number of carbonyl (C=O) groups is 1. The highest BCUT2D eigenvalue weighted by atomic mass is 16.4. The Bertz CT molecular complexity index is 479. The number of pyridine rings is 1. The third-order valence-corrected chi connectivity index (χ3v) is 2.02. The third-order valence-electron chi connectivity index (χ3n) is 2.02. The second kappa shape index (κ2) is 4.43. The van der Waals surface area contributed by atoms with Crippen LogP contribution in [0.4, 0.5) is 0 Å². The lowest BCUT2D eigenvalue weighted by Crippen LogP contribution is -2.27. The van der Waals surface area contributed by atoms with Crippen molar-refractivity contribution >= 4 is 24.0 Å². The first-order valence-electron chi connectivity index (χ1n) is 4.55. The molecule has 0 amide bonds. The summed E-state index contributed by atoms with van der Waals surface area (Å²) in [5.74, 6) is 0.352. The minimum atomic E-state index is -0.820. The Morgan fingerprint density at radius 2 is 2.31 bits per heavy atom. The number of carbonyl (C=O) groups excluding carboxylic acids is 1. The molecular weight excluding hydrogens is 208 g/mol. The SMILES string of the molecule is O=CC1N=C(c2ccccn2)N=CC1=NO. The van der Waals surface area contributed by atoms with Gasteiger partial charge in [-0.25, -0.2) is 9.98 Å². The van der Waals surface area contributed by atoms with Gasteiger partial charge in [-0.15, -0.1) is 0 Å². The fourth-order valence-electron chi connectivity index (χ4n) is 1.25. The number of hydrogen-bond acceptors (Lipinski definition) is 6. The molecule has 0 fully saturated rings. The first kappa shape index (κ1) is 10.2. The van der Waals surface area contributed by atoms with E-state index in [1.165, 1.54) is 6.21 Å². The van der Waals surface area contributed by atoms with Crippen LogP contribution in [0, 0.1) is 0 Å². The molecule has 1 aliphatic heterocycles. The van der Waals surface area contributed by atoms with Crippen molar-refractivity contribution in [2.45, 2.75) is 6.04 Å². The minimum absolute atomic E-state index is 0.120. The highest BCUT2D eigenvalue weighted by Crippen LogP contribution is 2.05. The van der Waals surface area contributed by atoms with Crippen molar-refractivity contribution in [2.24, 2.45) is 15.1 Å². The largest absolute Gasteiger partial charge is 0.411 e. The summed E-state index contributed by atoms with van der Waals surface area (Å²) in [7, 11) is 0. The van der Waals surface area contributed by atoms with Gasteiger partial charge in [0.05, 0.1) is 6.21 Å². The van der Waals surface area contributed by atoms with Gasteiger partial charge in [-0.3, -0.25) is 4.98 Å². The average Bonchev–Trinajstić information content (AvgIpc) is 2.39. The van der Waals surface area contributed by atoms with Gasteiger partial charge < -0.3 is 10.0 Å². The van der Waals surface area contributed by atoms with Gasteiger partial charge in [-0.05, 0) is 12.1 Å². The molecule has 1 N–H and O–H groups in total. The molecule has 2 rings (SSSR count). The van der Waals surface area contributed by atoms with Crippen LogP contribution >= 0.6 is 0 Å². The van der Waals surface area contributed by atoms with Crippen molar-refractivity contribution in [1.29, 1.82) is 0 Å². The summed E-state index contributed by atoms with van der Waals surface area (Å²) in [5, 5.41) is 11.5. The zero-order chi connectivity index (χ0) is 11.4. The van der Waals surface area contributed by atoms with Crippen LogP contribution < -0.4 is 0 Å². The lowest BCUT2D eigenvalue weighted by atomic mass is 10.2. The first-order valence-corrected chi connectivity index (χ1v) is 4.55. The summed E-state index contributed by atoms with van der Waals surface area (Å²) in [6, 6.07) is 4.49. The molecule has 1 aromatic rings. The van der Waals surface area contributed by atoms with E-state index in [2.05, 4.69) is 20.1 Å². The number of oxime groups is 1. The summed E-state index contributed by atoms with van der Waals surface area (Å²) in [6.45, 7) is 0. The number of hydrogen-bond donors (Lipinski definition) is 1. The van der Waals surface area contributed by atoms with Crippen LogP contribution in [0.15, 0.2) is 39.5 Å². The maximum absolute atomic E-state index is 10.7. The zero-order valence-electron chi connectivity index (χ0n) is 8.19. The van der Waals surface area contributed by atoms with E-state index in [4.69, 9.17) is 5.21 Å². The Kier molecular flexibility index (Phi) is 2.81. The van der Waals surface area contributed by atoms with E-state index in [1.807, 2.05) is 0 Å². The van der Waals surface area contributed by atoms with Crippen LogP contribution in [0.5, 0.6) is 0 Å². The van der Waals surface area contributed by atoms with E-state index < -0.39 is 6.04 Å². The Morgan fingerprint density at radius 1 is 1.44 bits per heavy atom. The number of rotatable bonds is 2. The molecule has 1 aromatic heterocycles. The van der Waals surface area contributed by atoms with Gasteiger partial charge in [0.1, 0.15) is 11.4 Å². The Hall–Kier alpha value is -2.37. The summed E-state index contributed by atoms with van der Waals surface area (Å²) in [4.78, 5) is 22.8. The molecule has 6 nitrogen and oxygen atoms in total. The van der Waals surface area contributed by atoms with Gasteiger partial charge in [-0.2, -0.15) is 0 Å². The average molecular weight is 216 g/mol. The van der Waals surface area contributed by atoms with E-state index in [9.17, 15) is 4.79 Å². The molecule has 0 saturated heterocycles. The predicted molar refractivity (Wildman–Crippen MR) is 58.3 cm³/mol. The van der Waals surface area contributed by atoms with Crippen LogP contribution in [0.25, 0.3) is 0 Å². The lowest BCUT2D eigenvalue weighted by molar-refractivity contribution is -0.107. The Balaban J connectivity index is 2.36. The number of aliphatic imine (C=N–C) groups is 2. The summed E-state index contributed by atoms with van der Waals surface area (Å²) < 4.78 is 0. The van der Waals surface area contributed by atoms with Gasteiger partial charge in [0.25, 0.3) is 0 Å². The Morgan fingerprint density at radius 3 is 2.94 bits per heavy atom. The number of nitrogens with zero attached hydrogens (tertiary/aromatic N) is 4. The molecule has 16 heavy (non-hydrogen) atoms. The summed E-state index contributed by atoms with van der Waals surface area (Å²) in [6.07, 6.45) is 3.50. The molecule has 0 radical (unpaired) electrons. The van der Waals surface area contributed by atoms with E-state index >= 15 is 0 Å². The number of amidine groups is 1. The van der Waals surface area contributed by atoms with E-state index in [1.54, 1.807) is 24.4 Å². The normalized spacial score (nSPS) is 21.9. The molecule has 80 valence electrons. The molecule has 2 heterocycles. The van der Waals surface area contributed by atoms with Crippen molar-refractivity contribution in [3.05, 3.63) is 30.1 Å². The summed E-state index contributed by atoms with van der Waals surface area (Å²) >= 11 is 0. The van der Waals surface area contributed by atoms with Gasteiger partial charge >= 0.3 is 0 Å². The molecule has 0 aromatic carbocycles. The van der Waals surface area contributed by atoms with Crippen molar-refractivity contribution < 1.29 is 10.0 Å². The van der Waals surface area contributed by atoms with Gasteiger partial charge in [0, 0.05) is 6.20 Å². The van der Waals surface area contributed by atoms with Crippen molar-refractivity contribution in [2.75, 3.05) is 0 Å². The Labute approximate surface area is 91.1 Å². The van der Waals surface area contributed by atoms with Crippen molar-refractivity contribution in [1.82, 2.24) is 4.98 Å². The smallest absolute Gasteiger partial charge is 0.174 e. The molecule has 0 aliphatic carbocycles. The second-order valence-electron chi connectivity index (χ2n) is 3.03. The quantitative estimate of drug-likeness (QED) is 0.438. The molecule has 6 heteroatoms. The molecule has 0 saturated carbocycles. The molecule has 0 spiro atoms. The fourth-order valence-corrected chi connectivity index (χ4v) is 1.25. The highest BCUT2D eigenvalue weighted by molar-refractivity contribution is 6.39. The molecule has 1 aliphatic rings. The van der Waals surface area contributed by atoms with Crippen LogP contribution in [-0.2, 0) is 4.79 Å². The van der Waals surface area contributed by atoms with Crippen molar-refractivity contribution in [3.63, 3.8) is 0 Å². The zero-order valence-corrected chi connectivity index (χ0v) is 8.19. The van der Waals surface area contributed by atoms with Gasteiger partial charge in [0.2, 0.25) is 0 Å². The second-order valence-corrected chi connectivity index (χ2v) is 3.03. The van der Waals surface area contributed by atoms with E-state index in [-0.39, 0.29) is 5.71 Å².